The molecule has 0 aromatic carbocycles. The Morgan fingerprint density at radius 1 is 1.58 bits per heavy atom. The summed E-state index contributed by atoms with van der Waals surface area (Å²) < 4.78 is 5.11. The van der Waals surface area contributed by atoms with Gasteiger partial charge in [-0.2, -0.15) is 0 Å². The molecule has 12 heavy (non-hydrogen) atoms. The van der Waals surface area contributed by atoms with Gasteiger partial charge in [-0.15, -0.1) is 0 Å². The lowest BCUT2D eigenvalue weighted by molar-refractivity contribution is 0.473. The summed E-state index contributed by atoms with van der Waals surface area (Å²) in [5, 5.41) is 3.14. The SMILES string of the molecule is NCC(N)CNCc1ccco1. The molecule has 1 heterocycles. The maximum absolute atomic E-state index is 5.59. The lowest BCUT2D eigenvalue weighted by Crippen LogP contribution is -2.39. The van der Waals surface area contributed by atoms with Crippen LogP contribution in [0.4, 0.5) is 0 Å². The molecule has 0 aliphatic rings. The molecule has 0 amide bonds. The minimum atomic E-state index is 0.0277. The van der Waals surface area contributed by atoms with Crippen molar-refractivity contribution in [1.29, 1.82) is 0 Å². The molecule has 0 saturated carbocycles. The van der Waals surface area contributed by atoms with Crippen molar-refractivity contribution in [3.8, 4) is 0 Å². The predicted molar refractivity (Wildman–Crippen MR) is 47.4 cm³/mol. The lowest BCUT2D eigenvalue weighted by atomic mass is 10.3. The van der Waals surface area contributed by atoms with Crippen LogP contribution in [-0.4, -0.2) is 19.1 Å². The van der Waals surface area contributed by atoms with Gasteiger partial charge in [0.05, 0.1) is 12.8 Å². The van der Waals surface area contributed by atoms with Crippen molar-refractivity contribution in [2.45, 2.75) is 12.6 Å². The van der Waals surface area contributed by atoms with Gasteiger partial charge in [0.1, 0.15) is 5.76 Å². The fourth-order valence-electron chi connectivity index (χ4n) is 0.877. The van der Waals surface area contributed by atoms with Crippen molar-refractivity contribution in [3.63, 3.8) is 0 Å². The second-order valence-electron chi connectivity index (χ2n) is 2.71. The lowest BCUT2D eigenvalue weighted by Gasteiger charge is -2.08. The zero-order chi connectivity index (χ0) is 8.81. The Hall–Kier alpha value is -0.840. The van der Waals surface area contributed by atoms with E-state index in [-0.39, 0.29) is 6.04 Å². The first-order valence-electron chi connectivity index (χ1n) is 4.01. The molecule has 68 valence electrons. The third-order valence-corrected chi connectivity index (χ3v) is 1.59. The van der Waals surface area contributed by atoms with Gasteiger partial charge in [0.15, 0.2) is 0 Å². The molecular weight excluding hydrogens is 154 g/mol. The van der Waals surface area contributed by atoms with E-state index in [1.54, 1.807) is 6.26 Å². The Morgan fingerprint density at radius 2 is 2.42 bits per heavy atom. The van der Waals surface area contributed by atoms with Crippen LogP contribution in [0.1, 0.15) is 5.76 Å². The van der Waals surface area contributed by atoms with E-state index in [1.165, 1.54) is 0 Å². The second-order valence-corrected chi connectivity index (χ2v) is 2.71. The summed E-state index contributed by atoms with van der Waals surface area (Å²) in [4.78, 5) is 0. The van der Waals surface area contributed by atoms with Crippen molar-refractivity contribution in [2.24, 2.45) is 11.5 Å². The highest BCUT2D eigenvalue weighted by Crippen LogP contribution is 1.97. The summed E-state index contributed by atoms with van der Waals surface area (Å²) in [5.74, 6) is 0.916. The monoisotopic (exact) mass is 169 g/mol. The van der Waals surface area contributed by atoms with Crippen LogP contribution in [0.5, 0.6) is 0 Å². The number of nitrogens with one attached hydrogen (secondary N) is 1. The van der Waals surface area contributed by atoms with Crippen molar-refractivity contribution < 1.29 is 4.42 Å². The number of furan rings is 1. The molecule has 0 bridgehead atoms. The number of hydrogen-bond donors (Lipinski definition) is 3. The van der Waals surface area contributed by atoms with Crippen LogP contribution in [0, 0.1) is 0 Å². The molecule has 1 rings (SSSR count). The summed E-state index contributed by atoms with van der Waals surface area (Å²) in [6.07, 6.45) is 1.65. The third kappa shape index (κ3) is 3.04. The molecule has 1 unspecified atom stereocenters. The summed E-state index contributed by atoms with van der Waals surface area (Å²) in [6, 6.07) is 3.81. The first-order chi connectivity index (χ1) is 5.83. The molecule has 1 atom stereocenters. The molecule has 1 aromatic rings. The Morgan fingerprint density at radius 3 is 3.00 bits per heavy atom. The van der Waals surface area contributed by atoms with E-state index < -0.39 is 0 Å². The normalized spacial score (nSPS) is 13.2. The van der Waals surface area contributed by atoms with Crippen LogP contribution in [0.2, 0.25) is 0 Å². The van der Waals surface area contributed by atoms with E-state index in [4.69, 9.17) is 15.9 Å². The molecule has 0 radical (unpaired) electrons. The van der Waals surface area contributed by atoms with Gasteiger partial charge in [0.25, 0.3) is 0 Å². The summed E-state index contributed by atoms with van der Waals surface area (Å²) >= 11 is 0. The first-order valence-corrected chi connectivity index (χ1v) is 4.01. The second kappa shape index (κ2) is 4.92. The topological polar surface area (TPSA) is 77.2 Å². The maximum atomic E-state index is 5.59. The Labute approximate surface area is 71.9 Å². The van der Waals surface area contributed by atoms with Gasteiger partial charge >= 0.3 is 0 Å². The van der Waals surface area contributed by atoms with Crippen molar-refractivity contribution in [1.82, 2.24) is 5.32 Å². The molecule has 5 N–H and O–H groups in total. The number of rotatable bonds is 5. The molecule has 0 fully saturated rings. The minimum absolute atomic E-state index is 0.0277. The number of hydrogen-bond acceptors (Lipinski definition) is 4. The maximum Gasteiger partial charge on any atom is 0.117 e. The Kier molecular flexibility index (Phi) is 3.79. The van der Waals surface area contributed by atoms with Crippen LogP contribution in [0.3, 0.4) is 0 Å². The Balaban J connectivity index is 2.11. The van der Waals surface area contributed by atoms with Crippen LogP contribution >= 0.6 is 0 Å². The standard InChI is InChI=1S/C8H15N3O/c9-4-7(10)5-11-6-8-2-1-3-12-8/h1-3,7,11H,4-6,9-10H2. The first kappa shape index (κ1) is 9.25. The van der Waals surface area contributed by atoms with E-state index in [1.807, 2.05) is 12.1 Å². The van der Waals surface area contributed by atoms with Crippen LogP contribution in [0.25, 0.3) is 0 Å². The van der Waals surface area contributed by atoms with E-state index in [0.717, 1.165) is 12.3 Å². The quantitative estimate of drug-likeness (QED) is 0.563. The van der Waals surface area contributed by atoms with Gasteiger partial charge < -0.3 is 21.2 Å². The van der Waals surface area contributed by atoms with Gasteiger partial charge in [-0.1, -0.05) is 0 Å². The van der Waals surface area contributed by atoms with Gasteiger partial charge in [-0.05, 0) is 12.1 Å². The molecule has 0 saturated heterocycles. The third-order valence-electron chi connectivity index (χ3n) is 1.59. The minimum Gasteiger partial charge on any atom is -0.468 e. The highest BCUT2D eigenvalue weighted by atomic mass is 16.3. The molecule has 0 aliphatic heterocycles. The van der Waals surface area contributed by atoms with Gasteiger partial charge in [-0.3, -0.25) is 0 Å². The molecule has 4 heteroatoms. The van der Waals surface area contributed by atoms with E-state index >= 15 is 0 Å². The summed E-state index contributed by atoms with van der Waals surface area (Å²) in [6.45, 7) is 1.93. The molecule has 0 aliphatic carbocycles. The average Bonchev–Trinajstić information content (AvgIpc) is 2.57. The predicted octanol–water partition coefficient (Wildman–Crippen LogP) is -0.345. The van der Waals surface area contributed by atoms with Gasteiger partial charge in [0.2, 0.25) is 0 Å². The van der Waals surface area contributed by atoms with Crippen molar-refractivity contribution in [3.05, 3.63) is 24.2 Å². The fraction of sp³-hybridized carbons (Fsp3) is 0.500. The molecule has 4 nitrogen and oxygen atoms in total. The van der Waals surface area contributed by atoms with Crippen molar-refractivity contribution >= 4 is 0 Å². The van der Waals surface area contributed by atoms with E-state index in [0.29, 0.717) is 13.1 Å². The number of nitrogens with two attached hydrogens (primary N) is 2. The zero-order valence-corrected chi connectivity index (χ0v) is 6.99. The highest BCUT2D eigenvalue weighted by Gasteiger charge is 1.98. The van der Waals surface area contributed by atoms with Gasteiger partial charge in [0, 0.05) is 19.1 Å². The molecular formula is C8H15N3O. The smallest absolute Gasteiger partial charge is 0.117 e. The van der Waals surface area contributed by atoms with Crippen molar-refractivity contribution in [2.75, 3.05) is 13.1 Å². The largest absolute Gasteiger partial charge is 0.468 e. The van der Waals surface area contributed by atoms with E-state index in [9.17, 15) is 0 Å². The fourth-order valence-corrected chi connectivity index (χ4v) is 0.877. The average molecular weight is 169 g/mol. The van der Waals surface area contributed by atoms with E-state index in [2.05, 4.69) is 5.32 Å². The van der Waals surface area contributed by atoms with Gasteiger partial charge in [-0.25, -0.2) is 0 Å². The van der Waals surface area contributed by atoms with Crippen LogP contribution in [-0.2, 0) is 6.54 Å². The molecule has 0 spiro atoms. The summed E-state index contributed by atoms with van der Waals surface area (Å²) in [5.41, 5.74) is 10.9. The zero-order valence-electron chi connectivity index (χ0n) is 6.99. The van der Waals surface area contributed by atoms with Crippen LogP contribution < -0.4 is 16.8 Å². The Bertz CT molecular complexity index is 198. The highest BCUT2D eigenvalue weighted by molar-refractivity contribution is 4.97. The molecule has 1 aromatic heterocycles. The van der Waals surface area contributed by atoms with Crippen LogP contribution in [0.15, 0.2) is 22.8 Å². The summed E-state index contributed by atoms with van der Waals surface area (Å²) in [7, 11) is 0.